The van der Waals surface area contributed by atoms with E-state index in [1.54, 1.807) is 19.1 Å². The number of benzene rings is 1. The number of allylic oxidation sites excluding steroid dienone is 4. The Hall–Kier alpha value is -3.21. The third-order valence-corrected chi connectivity index (χ3v) is 10.2. The van der Waals surface area contributed by atoms with E-state index in [2.05, 4.69) is 26.0 Å². The van der Waals surface area contributed by atoms with Crippen LogP contribution < -0.4 is 0 Å². The predicted molar refractivity (Wildman–Crippen MR) is 141 cm³/mol. The molecule has 0 spiro atoms. The molecule has 2 aromatic rings. The van der Waals surface area contributed by atoms with Gasteiger partial charge in [0.25, 0.3) is 0 Å². The first kappa shape index (κ1) is 24.1. The molecule has 192 valence electrons. The first-order valence-corrected chi connectivity index (χ1v) is 13.6. The minimum atomic E-state index is -0.333. The zero-order chi connectivity index (χ0) is 25.9. The average Bonchev–Trinajstić information content (AvgIpc) is 3.52. The summed E-state index contributed by atoms with van der Waals surface area (Å²) in [7, 11) is 0. The van der Waals surface area contributed by atoms with E-state index in [1.165, 1.54) is 0 Å². The molecular weight excluding hydrogens is 462 g/mol. The number of rotatable bonds is 4. The van der Waals surface area contributed by atoms with Crippen molar-refractivity contribution < 1.29 is 19.1 Å². The van der Waals surface area contributed by atoms with Crippen molar-refractivity contribution in [1.29, 1.82) is 0 Å². The lowest BCUT2D eigenvalue weighted by molar-refractivity contribution is -0.135. The summed E-state index contributed by atoms with van der Waals surface area (Å²) in [5.41, 5.74) is 2.04. The topological polar surface area (TPSA) is 65.4 Å². The molecular formula is C32H35NO4. The van der Waals surface area contributed by atoms with E-state index in [0.717, 1.165) is 30.5 Å². The van der Waals surface area contributed by atoms with Crippen molar-refractivity contribution >= 4 is 17.5 Å². The van der Waals surface area contributed by atoms with Gasteiger partial charge in [-0.05, 0) is 97.3 Å². The van der Waals surface area contributed by atoms with Gasteiger partial charge < -0.3 is 9.30 Å². The van der Waals surface area contributed by atoms with E-state index < -0.39 is 0 Å². The molecule has 4 aliphatic rings. The predicted octanol–water partition coefficient (Wildman–Crippen LogP) is 6.13. The molecule has 0 radical (unpaired) electrons. The van der Waals surface area contributed by atoms with Crippen molar-refractivity contribution in [2.75, 3.05) is 0 Å². The van der Waals surface area contributed by atoms with Crippen LogP contribution in [0.15, 0.2) is 72.6 Å². The number of aromatic nitrogens is 1. The summed E-state index contributed by atoms with van der Waals surface area (Å²) in [6, 6.07) is 11.4. The summed E-state index contributed by atoms with van der Waals surface area (Å²) in [6.07, 6.45) is 13.6. The van der Waals surface area contributed by atoms with E-state index in [9.17, 15) is 14.4 Å². The molecule has 5 nitrogen and oxygen atoms in total. The summed E-state index contributed by atoms with van der Waals surface area (Å²) in [6.45, 7) is 6.20. The molecule has 37 heavy (non-hydrogen) atoms. The van der Waals surface area contributed by atoms with E-state index in [1.807, 2.05) is 47.3 Å². The van der Waals surface area contributed by atoms with Crippen molar-refractivity contribution in [1.82, 2.24) is 4.57 Å². The van der Waals surface area contributed by atoms with Gasteiger partial charge in [-0.1, -0.05) is 32.1 Å². The maximum atomic E-state index is 13.7. The lowest BCUT2D eigenvalue weighted by atomic mass is 9.47. The first-order chi connectivity index (χ1) is 17.7. The fourth-order valence-corrected chi connectivity index (χ4v) is 8.38. The summed E-state index contributed by atoms with van der Waals surface area (Å²) in [4.78, 5) is 38.7. The molecule has 2 fully saturated rings. The van der Waals surface area contributed by atoms with E-state index >= 15 is 0 Å². The van der Waals surface area contributed by atoms with E-state index in [0.29, 0.717) is 24.3 Å². The van der Waals surface area contributed by atoms with Crippen LogP contribution in [0.3, 0.4) is 0 Å². The van der Waals surface area contributed by atoms with E-state index in [-0.39, 0.29) is 52.2 Å². The van der Waals surface area contributed by atoms with Crippen LogP contribution in [-0.2, 0) is 14.3 Å². The number of hydrogen-bond donors (Lipinski definition) is 0. The minimum Gasteiger partial charge on any atom is -0.458 e. The molecule has 5 heteroatoms. The number of Topliss-reactive ketones (excluding diaryl/α,β-unsaturated/α-hetero) is 1. The summed E-state index contributed by atoms with van der Waals surface area (Å²) in [5, 5.41) is 0. The fraction of sp³-hybridized carbons (Fsp3) is 0.469. The highest BCUT2D eigenvalue weighted by Crippen LogP contribution is 2.65. The van der Waals surface area contributed by atoms with Crippen molar-refractivity contribution in [2.24, 2.45) is 34.5 Å². The van der Waals surface area contributed by atoms with Crippen LogP contribution in [0.25, 0.3) is 5.69 Å². The molecule has 0 saturated heterocycles. The monoisotopic (exact) mass is 497 g/mol. The number of nitrogens with zero attached hydrogens (tertiary/aromatic N) is 1. The smallest absolute Gasteiger partial charge is 0.338 e. The van der Waals surface area contributed by atoms with Gasteiger partial charge in [0.1, 0.15) is 11.9 Å². The number of fused-ring (bicyclic) bond motifs is 5. The second kappa shape index (κ2) is 8.68. The normalized spacial score (nSPS) is 36.2. The van der Waals surface area contributed by atoms with Gasteiger partial charge in [-0.2, -0.15) is 0 Å². The lowest BCUT2D eigenvalue weighted by Gasteiger charge is -2.58. The van der Waals surface area contributed by atoms with Crippen LogP contribution in [0, 0.1) is 34.5 Å². The summed E-state index contributed by atoms with van der Waals surface area (Å²) < 4.78 is 8.43. The Bertz CT molecular complexity index is 1320. The van der Waals surface area contributed by atoms with Gasteiger partial charge >= 0.3 is 5.97 Å². The molecule has 1 heterocycles. The van der Waals surface area contributed by atoms with Gasteiger partial charge in [-0.3, -0.25) is 9.59 Å². The largest absolute Gasteiger partial charge is 0.458 e. The molecule has 1 aromatic carbocycles. The van der Waals surface area contributed by atoms with Crippen LogP contribution in [0.4, 0.5) is 0 Å². The summed E-state index contributed by atoms with van der Waals surface area (Å²) >= 11 is 0. The Morgan fingerprint density at radius 2 is 1.86 bits per heavy atom. The maximum Gasteiger partial charge on any atom is 0.338 e. The third-order valence-electron chi connectivity index (χ3n) is 10.2. The average molecular weight is 498 g/mol. The van der Waals surface area contributed by atoms with Gasteiger partial charge in [0.15, 0.2) is 5.78 Å². The second-order valence-corrected chi connectivity index (χ2v) is 12.1. The standard InChI is InChI=1S/C32H35NO4/c1-20(34)26-11-12-27-25-10-9-22-18-24(35)13-14-31(22,2)29(25)28(19-32(26,27)3)37-30(36)21-7-6-8-23(17-21)33-15-4-5-16-33/h4-10,15-18,25-29H,11-14,19H2,1-3H3/t25-,26+,27-,28-,29-,31+,32+/m0/s1. The Labute approximate surface area is 218 Å². The number of carbonyl (C=O) groups is 3. The molecule has 1 aromatic heterocycles. The molecule has 0 unspecified atom stereocenters. The highest BCUT2D eigenvalue weighted by Gasteiger charge is 2.63. The Balaban J connectivity index is 1.38. The number of ketones is 2. The third kappa shape index (κ3) is 3.77. The molecule has 2 saturated carbocycles. The van der Waals surface area contributed by atoms with Crippen molar-refractivity contribution in [3.63, 3.8) is 0 Å². The Kier molecular flexibility index (Phi) is 5.66. The van der Waals surface area contributed by atoms with Gasteiger partial charge in [-0.15, -0.1) is 0 Å². The molecule has 0 bridgehead atoms. The van der Waals surface area contributed by atoms with Crippen molar-refractivity contribution in [3.05, 3.63) is 78.2 Å². The molecule has 4 aliphatic carbocycles. The number of ether oxygens (including phenoxy) is 1. The summed E-state index contributed by atoms with van der Waals surface area (Å²) in [5.74, 6) is 0.729. The van der Waals surface area contributed by atoms with Crippen molar-refractivity contribution in [2.45, 2.75) is 59.0 Å². The SMILES string of the molecule is CC(=O)[C@H]1CC[C@H]2[C@@H]3C=CC4=CC(=O)CC[C@@]4(C)[C@@H]3[C@@H](OC(=O)c3cccc(-n4cccc4)c3)C[C@]12C. The second-order valence-electron chi connectivity index (χ2n) is 12.1. The molecule has 6 rings (SSSR count). The first-order valence-electron chi connectivity index (χ1n) is 13.6. The lowest BCUT2D eigenvalue weighted by Crippen LogP contribution is -2.56. The van der Waals surface area contributed by atoms with Crippen LogP contribution >= 0.6 is 0 Å². The number of carbonyl (C=O) groups excluding carboxylic acids is 3. The number of esters is 1. The maximum absolute atomic E-state index is 13.7. The highest BCUT2D eigenvalue weighted by molar-refractivity contribution is 5.92. The molecule has 0 aliphatic heterocycles. The van der Waals surface area contributed by atoms with Gasteiger partial charge in [0, 0.05) is 36.3 Å². The van der Waals surface area contributed by atoms with E-state index in [4.69, 9.17) is 4.74 Å². The zero-order valence-corrected chi connectivity index (χ0v) is 21.9. The quantitative estimate of drug-likeness (QED) is 0.477. The Morgan fingerprint density at radius 1 is 1.08 bits per heavy atom. The van der Waals surface area contributed by atoms with Crippen LogP contribution in [0.2, 0.25) is 0 Å². The molecule has 0 amide bonds. The minimum absolute atomic E-state index is 0.0113. The van der Waals surface area contributed by atoms with Gasteiger partial charge in [0.05, 0.1) is 5.56 Å². The van der Waals surface area contributed by atoms with Gasteiger partial charge in [-0.25, -0.2) is 4.79 Å². The molecule has 0 N–H and O–H groups in total. The van der Waals surface area contributed by atoms with Crippen molar-refractivity contribution in [3.8, 4) is 5.69 Å². The van der Waals surface area contributed by atoms with Gasteiger partial charge in [0.2, 0.25) is 0 Å². The molecule has 7 atom stereocenters. The van der Waals surface area contributed by atoms with Crippen LogP contribution in [-0.4, -0.2) is 28.2 Å². The zero-order valence-electron chi connectivity index (χ0n) is 21.9. The highest BCUT2D eigenvalue weighted by atomic mass is 16.5. The van der Waals surface area contributed by atoms with Crippen LogP contribution in [0.1, 0.15) is 63.2 Å². The fourth-order valence-electron chi connectivity index (χ4n) is 8.38. The number of hydrogen-bond acceptors (Lipinski definition) is 4. The Morgan fingerprint density at radius 3 is 2.62 bits per heavy atom. The van der Waals surface area contributed by atoms with Crippen LogP contribution in [0.5, 0.6) is 0 Å².